The molecule has 3 amide bonds. The van der Waals surface area contributed by atoms with E-state index in [0.717, 1.165) is 4.90 Å². The molecule has 1 saturated heterocycles. The topological polar surface area (TPSA) is 95.6 Å². The Morgan fingerprint density at radius 3 is 2.95 bits per heavy atom. The van der Waals surface area contributed by atoms with Gasteiger partial charge in [-0.3, -0.25) is 19.3 Å². The van der Waals surface area contributed by atoms with Crippen LogP contribution in [0.15, 0.2) is 24.3 Å². The lowest BCUT2D eigenvalue weighted by Crippen LogP contribution is -2.54. The molecule has 0 unspecified atom stereocenters. The Morgan fingerprint density at radius 2 is 2.20 bits per heavy atom. The third kappa shape index (κ3) is 2.82. The van der Waals surface area contributed by atoms with E-state index in [9.17, 15) is 19.2 Å². The minimum absolute atomic E-state index is 0.128. The molecule has 20 heavy (non-hydrogen) atoms. The molecule has 1 aliphatic heterocycles. The van der Waals surface area contributed by atoms with Crippen LogP contribution in [0.4, 0.5) is 5.69 Å². The number of anilines is 1. The van der Waals surface area contributed by atoms with E-state index in [1.165, 1.54) is 6.07 Å². The van der Waals surface area contributed by atoms with Crippen molar-refractivity contribution in [2.75, 3.05) is 25.0 Å². The van der Waals surface area contributed by atoms with Gasteiger partial charge in [0.2, 0.25) is 0 Å². The van der Waals surface area contributed by atoms with Crippen LogP contribution >= 0.6 is 0 Å². The number of rotatable bonds is 4. The molecule has 0 spiro atoms. The Labute approximate surface area is 114 Å². The van der Waals surface area contributed by atoms with Crippen LogP contribution in [0.1, 0.15) is 10.4 Å². The van der Waals surface area contributed by atoms with Crippen LogP contribution in [0.3, 0.4) is 0 Å². The molecule has 1 aliphatic rings. The molecule has 7 heteroatoms. The van der Waals surface area contributed by atoms with Gasteiger partial charge in [-0.25, -0.2) is 0 Å². The minimum Gasteiger partial charge on any atom is -0.378 e. The van der Waals surface area contributed by atoms with Crippen molar-refractivity contribution in [1.82, 2.24) is 10.2 Å². The first-order chi connectivity index (χ1) is 9.63. The first-order valence-electron chi connectivity index (χ1n) is 6.05. The van der Waals surface area contributed by atoms with Gasteiger partial charge in [0, 0.05) is 24.3 Å². The maximum absolute atomic E-state index is 12.2. The van der Waals surface area contributed by atoms with Gasteiger partial charge in [0.05, 0.1) is 6.54 Å². The number of nitrogens with zero attached hydrogens (tertiary/aromatic N) is 1. The summed E-state index contributed by atoms with van der Waals surface area (Å²) < 4.78 is 0. The molecule has 7 nitrogen and oxygen atoms in total. The van der Waals surface area contributed by atoms with Crippen molar-refractivity contribution in [3.63, 3.8) is 0 Å². The van der Waals surface area contributed by atoms with E-state index in [4.69, 9.17) is 0 Å². The van der Waals surface area contributed by atoms with Gasteiger partial charge in [-0.2, -0.15) is 0 Å². The maximum atomic E-state index is 12.2. The first-order valence-corrected chi connectivity index (χ1v) is 6.05. The Balaban J connectivity index is 2.18. The van der Waals surface area contributed by atoms with Crippen LogP contribution in [0.2, 0.25) is 0 Å². The quantitative estimate of drug-likeness (QED) is 0.434. The zero-order valence-electron chi connectivity index (χ0n) is 10.6. The fraction of sp³-hybridized carbons (Fsp3) is 0.231. The number of aldehydes is 1. The monoisotopic (exact) mass is 275 g/mol. The predicted molar refractivity (Wildman–Crippen MR) is 70.0 cm³/mol. The second-order valence-corrected chi connectivity index (χ2v) is 4.15. The van der Waals surface area contributed by atoms with Crippen LogP contribution in [0.5, 0.6) is 0 Å². The van der Waals surface area contributed by atoms with Crippen LogP contribution < -0.4 is 10.6 Å². The zero-order valence-corrected chi connectivity index (χ0v) is 10.6. The third-order valence-electron chi connectivity index (χ3n) is 2.80. The average molecular weight is 275 g/mol. The lowest BCUT2D eigenvalue weighted by atomic mass is 10.1. The molecule has 2 N–H and O–H groups in total. The maximum Gasteiger partial charge on any atom is 0.318 e. The summed E-state index contributed by atoms with van der Waals surface area (Å²) in [5.41, 5.74) is 0.876. The van der Waals surface area contributed by atoms with Gasteiger partial charge in [-0.1, -0.05) is 6.07 Å². The molecule has 2 rings (SSSR count). The summed E-state index contributed by atoms with van der Waals surface area (Å²) in [4.78, 5) is 46.3. The third-order valence-corrected chi connectivity index (χ3v) is 2.80. The van der Waals surface area contributed by atoms with Gasteiger partial charge in [-0.15, -0.1) is 0 Å². The van der Waals surface area contributed by atoms with E-state index < -0.39 is 17.7 Å². The Morgan fingerprint density at radius 1 is 1.40 bits per heavy atom. The highest BCUT2D eigenvalue weighted by molar-refractivity contribution is 6.39. The zero-order chi connectivity index (χ0) is 14.5. The number of amides is 3. The molecule has 1 aromatic rings. The average Bonchev–Trinajstić information content (AvgIpc) is 2.47. The normalized spacial score (nSPS) is 14.7. The summed E-state index contributed by atoms with van der Waals surface area (Å²) in [7, 11) is 0. The lowest BCUT2D eigenvalue weighted by Gasteiger charge is -2.24. The van der Waals surface area contributed by atoms with E-state index in [1.807, 2.05) is 0 Å². The summed E-state index contributed by atoms with van der Waals surface area (Å²) >= 11 is 0. The molecular weight excluding hydrogens is 262 g/mol. The number of carbonyl (C=O) groups excluding carboxylic acids is 4. The highest BCUT2D eigenvalue weighted by atomic mass is 16.2. The van der Waals surface area contributed by atoms with E-state index in [2.05, 4.69) is 10.6 Å². The van der Waals surface area contributed by atoms with Crippen molar-refractivity contribution in [2.24, 2.45) is 0 Å². The van der Waals surface area contributed by atoms with Gasteiger partial charge >= 0.3 is 11.8 Å². The first kappa shape index (κ1) is 13.7. The van der Waals surface area contributed by atoms with Crippen molar-refractivity contribution in [3.05, 3.63) is 29.8 Å². The van der Waals surface area contributed by atoms with Crippen LogP contribution in [0, 0.1) is 0 Å². The summed E-state index contributed by atoms with van der Waals surface area (Å²) in [6, 6.07) is 6.42. The summed E-state index contributed by atoms with van der Waals surface area (Å²) in [5, 5.41) is 5.18. The molecule has 104 valence electrons. The molecule has 0 saturated carbocycles. The highest BCUT2D eigenvalue weighted by Crippen LogP contribution is 2.13. The molecule has 0 aliphatic carbocycles. The van der Waals surface area contributed by atoms with E-state index in [0.29, 0.717) is 12.0 Å². The van der Waals surface area contributed by atoms with Crippen molar-refractivity contribution >= 4 is 29.7 Å². The number of nitrogens with one attached hydrogen (secondary N) is 2. The van der Waals surface area contributed by atoms with Gasteiger partial charge in [0.1, 0.15) is 6.29 Å². The smallest absolute Gasteiger partial charge is 0.318 e. The molecular formula is C13H13N3O4. The van der Waals surface area contributed by atoms with Crippen molar-refractivity contribution in [3.8, 4) is 0 Å². The van der Waals surface area contributed by atoms with Crippen molar-refractivity contribution < 1.29 is 19.2 Å². The fourth-order valence-corrected chi connectivity index (χ4v) is 1.85. The standard InChI is InChI=1S/C13H13N3O4/c17-7-5-14-10-3-1-2-9(8-10)12(19)16-6-4-15-11(18)13(16)20/h1-3,7-8,14H,4-6H2,(H,15,18). The SMILES string of the molecule is O=CCNc1cccc(C(=O)N2CCNC(=O)C2=O)c1. The van der Waals surface area contributed by atoms with Gasteiger partial charge in [0.25, 0.3) is 5.91 Å². The summed E-state index contributed by atoms with van der Waals surface area (Å²) in [6.07, 6.45) is 0.701. The lowest BCUT2D eigenvalue weighted by molar-refractivity contribution is -0.146. The molecule has 0 aromatic heterocycles. The number of imide groups is 1. The van der Waals surface area contributed by atoms with Crippen molar-refractivity contribution in [1.29, 1.82) is 0 Å². The molecule has 0 bridgehead atoms. The number of piperazine rings is 1. The number of hydrogen-bond acceptors (Lipinski definition) is 5. The minimum atomic E-state index is -0.854. The number of hydrogen-bond donors (Lipinski definition) is 2. The Kier molecular flexibility index (Phi) is 4.09. The number of benzene rings is 1. The summed E-state index contributed by atoms with van der Waals surface area (Å²) in [6.45, 7) is 0.525. The Bertz CT molecular complexity index is 570. The molecule has 1 heterocycles. The van der Waals surface area contributed by atoms with Crippen LogP contribution in [-0.2, 0) is 14.4 Å². The van der Waals surface area contributed by atoms with Gasteiger partial charge in [-0.05, 0) is 18.2 Å². The van der Waals surface area contributed by atoms with Gasteiger partial charge < -0.3 is 15.4 Å². The van der Waals surface area contributed by atoms with Gasteiger partial charge in [0.15, 0.2) is 0 Å². The predicted octanol–water partition coefficient (Wildman–Crippen LogP) is -0.604. The van der Waals surface area contributed by atoms with Crippen LogP contribution in [-0.4, -0.2) is 48.5 Å². The highest BCUT2D eigenvalue weighted by Gasteiger charge is 2.31. The summed E-state index contributed by atoms with van der Waals surface area (Å²) in [5.74, 6) is -2.16. The second-order valence-electron chi connectivity index (χ2n) is 4.15. The molecule has 1 aromatic carbocycles. The van der Waals surface area contributed by atoms with Crippen LogP contribution in [0.25, 0.3) is 0 Å². The largest absolute Gasteiger partial charge is 0.378 e. The Hall–Kier alpha value is -2.70. The molecule has 0 atom stereocenters. The number of carbonyl (C=O) groups is 4. The van der Waals surface area contributed by atoms with Crippen molar-refractivity contribution in [2.45, 2.75) is 0 Å². The second kappa shape index (κ2) is 5.96. The molecule has 1 fully saturated rings. The van der Waals surface area contributed by atoms with E-state index in [1.54, 1.807) is 18.2 Å². The fourth-order valence-electron chi connectivity index (χ4n) is 1.85. The van der Waals surface area contributed by atoms with E-state index in [-0.39, 0.29) is 25.2 Å². The van der Waals surface area contributed by atoms with E-state index >= 15 is 0 Å². The molecule has 0 radical (unpaired) electrons.